The van der Waals surface area contributed by atoms with Crippen LogP contribution in [0.1, 0.15) is 33.6 Å². The summed E-state index contributed by atoms with van der Waals surface area (Å²) in [6, 6.07) is 2.21. The molecular weight excluding hydrogens is 142 g/mol. The molecule has 10 heavy (non-hydrogen) atoms. The molecule has 0 atom stereocenters. The molecule has 2 heteroatoms. The third-order valence-corrected chi connectivity index (χ3v) is 1.92. The van der Waals surface area contributed by atoms with Gasteiger partial charge in [-0.05, 0) is 12.8 Å². The van der Waals surface area contributed by atoms with Gasteiger partial charge in [0.1, 0.15) is 0 Å². The largest absolute Gasteiger partial charge is 0.198 e. The first-order valence-corrected chi connectivity index (χ1v) is 4.21. The van der Waals surface area contributed by atoms with Gasteiger partial charge in [-0.1, -0.05) is 20.8 Å². The maximum absolute atomic E-state index is 8.33. The maximum Gasteiger partial charge on any atom is 0.0656 e. The molecule has 1 saturated carbocycles. The average molecular weight is 157 g/mol. The van der Waals surface area contributed by atoms with Crippen LogP contribution >= 0.6 is 12.6 Å². The Balaban J connectivity index is 0.000000371. The lowest BCUT2D eigenvalue weighted by molar-refractivity contribution is 0.312. The highest BCUT2D eigenvalue weighted by Crippen LogP contribution is 2.41. The molecule has 0 amide bonds. The third kappa shape index (κ3) is 2.62. The fourth-order valence-electron chi connectivity index (χ4n) is 1.09. The number of thiol groups is 1. The maximum atomic E-state index is 8.33. The van der Waals surface area contributed by atoms with E-state index in [4.69, 9.17) is 5.26 Å². The summed E-state index contributed by atoms with van der Waals surface area (Å²) in [4.78, 5) is 0. The molecule has 0 unspecified atom stereocenters. The molecule has 0 aromatic rings. The molecule has 0 aromatic heterocycles. The zero-order valence-corrected chi connectivity index (χ0v) is 7.78. The minimum absolute atomic E-state index is 0.167. The molecule has 0 aliphatic heterocycles. The molecule has 0 saturated heterocycles. The number of hydrogen-bond donors (Lipinski definition) is 1. The lowest BCUT2D eigenvalue weighted by atomic mass is 9.76. The molecule has 0 spiro atoms. The van der Waals surface area contributed by atoms with Crippen LogP contribution in [0.25, 0.3) is 0 Å². The Hall–Kier alpha value is -0.160. The fraction of sp³-hybridized carbons (Fsp3) is 0.875. The normalized spacial score (nSPS) is 36.5. The van der Waals surface area contributed by atoms with Gasteiger partial charge in [0.15, 0.2) is 0 Å². The molecule has 0 N–H and O–H groups in total. The van der Waals surface area contributed by atoms with Crippen molar-refractivity contribution < 1.29 is 0 Å². The first-order valence-electron chi connectivity index (χ1n) is 3.76. The molecule has 1 fully saturated rings. The minimum atomic E-state index is 0.167. The quantitative estimate of drug-likeness (QED) is 0.537. The molecule has 1 aliphatic rings. The number of nitrogens with zero attached hydrogens (tertiary/aromatic N) is 1. The zero-order valence-electron chi connectivity index (χ0n) is 6.89. The van der Waals surface area contributed by atoms with Crippen molar-refractivity contribution in [2.24, 2.45) is 5.92 Å². The Kier molecular flexibility index (Phi) is 3.81. The highest BCUT2D eigenvalue weighted by atomic mass is 32.1. The van der Waals surface area contributed by atoms with Crippen LogP contribution in [0.3, 0.4) is 0 Å². The monoisotopic (exact) mass is 157 g/mol. The van der Waals surface area contributed by atoms with Gasteiger partial charge < -0.3 is 0 Å². The van der Waals surface area contributed by atoms with Gasteiger partial charge in [-0.2, -0.15) is 17.9 Å². The summed E-state index contributed by atoms with van der Waals surface area (Å²) in [5, 5.41) is 8.33. The molecule has 0 heterocycles. The standard InChI is InChI=1S/C6H9NS.C2H6/c1-6(8)2-5(3-6)4-7;1-2/h5,8H,2-3H2,1H3;1-2H3. The van der Waals surface area contributed by atoms with Crippen molar-refractivity contribution in [2.75, 3.05) is 0 Å². The van der Waals surface area contributed by atoms with Crippen LogP contribution in [0.15, 0.2) is 0 Å². The second-order valence-corrected chi connectivity index (χ2v) is 3.81. The SMILES string of the molecule is CC.CC1(S)CC(C#N)C1. The summed E-state index contributed by atoms with van der Waals surface area (Å²) in [5.41, 5.74) is 0. The summed E-state index contributed by atoms with van der Waals surface area (Å²) >= 11 is 4.30. The van der Waals surface area contributed by atoms with Gasteiger partial charge in [-0.15, -0.1) is 0 Å². The van der Waals surface area contributed by atoms with Crippen molar-refractivity contribution in [3.05, 3.63) is 0 Å². The molecular formula is C8H15NS. The van der Waals surface area contributed by atoms with Gasteiger partial charge in [0, 0.05) is 10.7 Å². The van der Waals surface area contributed by atoms with Gasteiger partial charge >= 0.3 is 0 Å². The first-order chi connectivity index (χ1) is 4.64. The highest BCUT2D eigenvalue weighted by Gasteiger charge is 2.36. The molecule has 1 rings (SSSR count). The minimum Gasteiger partial charge on any atom is -0.198 e. The van der Waals surface area contributed by atoms with Crippen LogP contribution in [0, 0.1) is 17.2 Å². The highest BCUT2D eigenvalue weighted by molar-refractivity contribution is 7.81. The molecule has 0 aromatic carbocycles. The van der Waals surface area contributed by atoms with E-state index in [0.29, 0.717) is 0 Å². The van der Waals surface area contributed by atoms with Gasteiger partial charge in [0.2, 0.25) is 0 Å². The van der Waals surface area contributed by atoms with E-state index < -0.39 is 0 Å². The van der Waals surface area contributed by atoms with Crippen molar-refractivity contribution in [3.63, 3.8) is 0 Å². The predicted molar refractivity (Wildman–Crippen MR) is 47.1 cm³/mol. The van der Waals surface area contributed by atoms with E-state index in [1.807, 2.05) is 13.8 Å². The van der Waals surface area contributed by atoms with Crippen molar-refractivity contribution in [2.45, 2.75) is 38.4 Å². The number of hydrogen-bond acceptors (Lipinski definition) is 2. The average Bonchev–Trinajstić information content (AvgIpc) is 1.87. The van der Waals surface area contributed by atoms with E-state index in [1.54, 1.807) is 0 Å². The second-order valence-electron chi connectivity index (χ2n) is 2.73. The van der Waals surface area contributed by atoms with Crippen molar-refractivity contribution >= 4 is 12.6 Å². The van der Waals surface area contributed by atoms with Crippen LogP contribution in [-0.2, 0) is 0 Å². The van der Waals surface area contributed by atoms with Crippen molar-refractivity contribution in [1.82, 2.24) is 0 Å². The molecule has 1 aliphatic carbocycles. The smallest absolute Gasteiger partial charge is 0.0656 e. The predicted octanol–water partition coefficient (Wildman–Crippen LogP) is 2.63. The fourth-order valence-corrected chi connectivity index (χ4v) is 1.53. The molecule has 0 bridgehead atoms. The van der Waals surface area contributed by atoms with Crippen molar-refractivity contribution in [1.29, 1.82) is 5.26 Å². The number of nitriles is 1. The van der Waals surface area contributed by atoms with E-state index >= 15 is 0 Å². The first kappa shape index (κ1) is 9.84. The Labute approximate surface area is 68.8 Å². The van der Waals surface area contributed by atoms with Crippen LogP contribution in [-0.4, -0.2) is 4.75 Å². The lowest BCUT2D eigenvalue weighted by Crippen LogP contribution is -2.34. The van der Waals surface area contributed by atoms with Crippen molar-refractivity contribution in [3.8, 4) is 6.07 Å². The van der Waals surface area contributed by atoms with Gasteiger partial charge in [0.25, 0.3) is 0 Å². The van der Waals surface area contributed by atoms with E-state index in [-0.39, 0.29) is 10.7 Å². The Morgan fingerprint density at radius 3 is 2.00 bits per heavy atom. The zero-order chi connectivity index (χ0) is 8.20. The lowest BCUT2D eigenvalue weighted by Gasteiger charge is -2.37. The molecule has 0 radical (unpaired) electrons. The Morgan fingerprint density at radius 2 is 1.90 bits per heavy atom. The third-order valence-electron chi connectivity index (χ3n) is 1.55. The van der Waals surface area contributed by atoms with Crippen LogP contribution in [0.5, 0.6) is 0 Å². The van der Waals surface area contributed by atoms with Gasteiger partial charge in [-0.3, -0.25) is 0 Å². The van der Waals surface area contributed by atoms with Crippen LogP contribution in [0.4, 0.5) is 0 Å². The Bertz CT molecular complexity index is 127. The van der Waals surface area contributed by atoms with Gasteiger partial charge in [0.05, 0.1) is 6.07 Å². The van der Waals surface area contributed by atoms with E-state index in [0.717, 1.165) is 12.8 Å². The van der Waals surface area contributed by atoms with Crippen LogP contribution in [0.2, 0.25) is 0 Å². The van der Waals surface area contributed by atoms with Gasteiger partial charge in [-0.25, -0.2) is 0 Å². The summed E-state index contributed by atoms with van der Waals surface area (Å²) in [7, 11) is 0. The number of rotatable bonds is 0. The molecule has 1 nitrogen and oxygen atoms in total. The van der Waals surface area contributed by atoms with E-state index in [9.17, 15) is 0 Å². The van der Waals surface area contributed by atoms with E-state index in [1.165, 1.54) is 0 Å². The summed E-state index contributed by atoms with van der Waals surface area (Å²) < 4.78 is 0.167. The topological polar surface area (TPSA) is 23.8 Å². The van der Waals surface area contributed by atoms with E-state index in [2.05, 4.69) is 25.6 Å². The van der Waals surface area contributed by atoms with Crippen LogP contribution < -0.4 is 0 Å². The second kappa shape index (κ2) is 3.88. The molecule has 58 valence electrons. The summed E-state index contributed by atoms with van der Waals surface area (Å²) in [6.07, 6.45) is 1.93. The summed E-state index contributed by atoms with van der Waals surface area (Å²) in [6.45, 7) is 6.07. The summed E-state index contributed by atoms with van der Waals surface area (Å²) in [5.74, 6) is 0.289. The Morgan fingerprint density at radius 1 is 1.50 bits per heavy atom.